The number of nitrogens with one attached hydrogen (secondary N) is 1. The van der Waals surface area contributed by atoms with Crippen molar-refractivity contribution in [3.63, 3.8) is 0 Å². The molecule has 1 fully saturated rings. The van der Waals surface area contributed by atoms with Crippen LogP contribution in [0.2, 0.25) is 5.02 Å². The third-order valence-electron chi connectivity index (χ3n) is 4.37. The fraction of sp³-hybridized carbons (Fsp3) is 0.611. The largest absolute Gasteiger partial charge is 0.495 e. The highest BCUT2D eigenvalue weighted by Gasteiger charge is 2.23. The van der Waals surface area contributed by atoms with E-state index in [4.69, 9.17) is 16.3 Å². The van der Waals surface area contributed by atoms with Gasteiger partial charge in [0.05, 0.1) is 12.8 Å². The Labute approximate surface area is 149 Å². The van der Waals surface area contributed by atoms with Gasteiger partial charge in [-0.05, 0) is 30.9 Å². The molecule has 0 atom stereocenters. The molecule has 0 saturated carbocycles. The zero-order chi connectivity index (χ0) is 17.7. The van der Waals surface area contributed by atoms with Crippen LogP contribution in [-0.4, -0.2) is 50.8 Å². The molecule has 1 N–H and O–H groups in total. The Morgan fingerprint density at radius 2 is 1.96 bits per heavy atom. The molecule has 2 amide bonds. The van der Waals surface area contributed by atoms with Crippen LogP contribution in [0.25, 0.3) is 0 Å². The lowest BCUT2D eigenvalue weighted by Gasteiger charge is -2.36. The van der Waals surface area contributed by atoms with E-state index in [0.717, 1.165) is 43.1 Å². The minimum Gasteiger partial charge on any atom is -0.495 e. The highest BCUT2D eigenvalue weighted by atomic mass is 35.5. The summed E-state index contributed by atoms with van der Waals surface area (Å²) in [6.07, 6.45) is 1.01. The average molecular weight is 354 g/mol. The number of nitrogens with zero attached hydrogens (tertiary/aromatic N) is 2. The number of hydrogen-bond acceptors (Lipinski definition) is 3. The summed E-state index contributed by atoms with van der Waals surface area (Å²) in [5.41, 5.74) is 2.07. The SMILES string of the molecule is COc1cc(Cl)c(C)cc1N1CCN(C(=O)NCCC(C)C)CC1. The topological polar surface area (TPSA) is 44.8 Å². The van der Waals surface area contributed by atoms with Crippen LogP contribution in [-0.2, 0) is 0 Å². The molecule has 1 aliphatic rings. The van der Waals surface area contributed by atoms with Crippen molar-refractivity contribution in [1.29, 1.82) is 0 Å². The molecule has 1 aromatic rings. The lowest BCUT2D eigenvalue weighted by molar-refractivity contribution is 0.193. The van der Waals surface area contributed by atoms with E-state index in [9.17, 15) is 4.79 Å². The number of carbonyl (C=O) groups is 1. The highest BCUT2D eigenvalue weighted by Crippen LogP contribution is 2.34. The normalized spacial score (nSPS) is 14.9. The number of aryl methyl sites for hydroxylation is 1. The Morgan fingerprint density at radius 1 is 1.29 bits per heavy atom. The van der Waals surface area contributed by atoms with Gasteiger partial charge in [-0.15, -0.1) is 0 Å². The van der Waals surface area contributed by atoms with Crippen molar-refractivity contribution >= 4 is 23.3 Å². The van der Waals surface area contributed by atoms with E-state index in [2.05, 4.69) is 30.1 Å². The van der Waals surface area contributed by atoms with Crippen LogP contribution in [0.1, 0.15) is 25.8 Å². The molecule has 1 heterocycles. The van der Waals surface area contributed by atoms with Crippen LogP contribution >= 0.6 is 11.6 Å². The van der Waals surface area contributed by atoms with Gasteiger partial charge in [0.1, 0.15) is 5.75 Å². The molecule has 0 unspecified atom stereocenters. The molecule has 0 aromatic heterocycles. The monoisotopic (exact) mass is 353 g/mol. The number of methoxy groups -OCH3 is 1. The third-order valence-corrected chi connectivity index (χ3v) is 4.77. The first kappa shape index (κ1) is 18.7. The number of rotatable bonds is 5. The summed E-state index contributed by atoms with van der Waals surface area (Å²) < 4.78 is 5.47. The Balaban J connectivity index is 1.93. The van der Waals surface area contributed by atoms with Crippen LogP contribution in [0.15, 0.2) is 12.1 Å². The second-order valence-corrected chi connectivity index (χ2v) is 7.07. The fourth-order valence-electron chi connectivity index (χ4n) is 2.79. The molecule has 6 heteroatoms. The second-order valence-electron chi connectivity index (χ2n) is 6.66. The third kappa shape index (κ3) is 4.69. The molecule has 1 aliphatic heterocycles. The zero-order valence-electron chi connectivity index (χ0n) is 15.1. The molecule has 0 aliphatic carbocycles. The molecule has 1 saturated heterocycles. The standard InChI is InChI=1S/C18H28ClN3O2/c1-13(2)5-6-20-18(23)22-9-7-21(8-10-22)16-11-14(3)15(19)12-17(16)24-4/h11-13H,5-10H2,1-4H3,(H,20,23). The molecule has 0 spiro atoms. The number of benzene rings is 1. The summed E-state index contributed by atoms with van der Waals surface area (Å²) in [5, 5.41) is 3.71. The molecule has 5 nitrogen and oxygen atoms in total. The summed E-state index contributed by atoms with van der Waals surface area (Å²) >= 11 is 6.18. The maximum Gasteiger partial charge on any atom is 0.317 e. The smallest absolute Gasteiger partial charge is 0.317 e. The Morgan fingerprint density at radius 3 is 2.54 bits per heavy atom. The Hall–Kier alpha value is -1.62. The van der Waals surface area contributed by atoms with Gasteiger partial charge in [0.25, 0.3) is 0 Å². The van der Waals surface area contributed by atoms with Crippen LogP contribution in [0.4, 0.5) is 10.5 Å². The predicted octanol–water partition coefficient (Wildman–Crippen LogP) is 3.53. The van der Waals surface area contributed by atoms with Gasteiger partial charge in [-0.2, -0.15) is 0 Å². The van der Waals surface area contributed by atoms with Gasteiger partial charge in [-0.1, -0.05) is 25.4 Å². The summed E-state index contributed by atoms with van der Waals surface area (Å²) in [7, 11) is 1.66. The minimum absolute atomic E-state index is 0.0366. The first-order chi connectivity index (χ1) is 11.4. The molecular weight excluding hydrogens is 326 g/mol. The minimum atomic E-state index is 0.0366. The molecule has 0 bridgehead atoms. The first-order valence-corrected chi connectivity index (χ1v) is 8.92. The van der Waals surface area contributed by atoms with E-state index < -0.39 is 0 Å². The van der Waals surface area contributed by atoms with Crippen molar-refractivity contribution in [2.45, 2.75) is 27.2 Å². The first-order valence-electron chi connectivity index (χ1n) is 8.54. The number of ether oxygens (including phenoxy) is 1. The van der Waals surface area contributed by atoms with Crippen molar-refractivity contribution in [1.82, 2.24) is 10.2 Å². The van der Waals surface area contributed by atoms with Crippen LogP contribution in [0, 0.1) is 12.8 Å². The lowest BCUT2D eigenvalue weighted by atomic mass is 10.1. The number of amides is 2. The summed E-state index contributed by atoms with van der Waals surface area (Å²) in [5.74, 6) is 1.38. The Bertz CT molecular complexity index is 570. The zero-order valence-corrected chi connectivity index (χ0v) is 15.8. The molecular formula is C18H28ClN3O2. The van der Waals surface area contributed by atoms with Gasteiger partial charge in [0, 0.05) is 43.8 Å². The van der Waals surface area contributed by atoms with E-state index in [1.165, 1.54) is 0 Å². The van der Waals surface area contributed by atoms with Gasteiger partial charge in [-0.25, -0.2) is 4.79 Å². The van der Waals surface area contributed by atoms with E-state index in [0.29, 0.717) is 24.0 Å². The van der Waals surface area contributed by atoms with E-state index in [1.807, 2.05) is 17.9 Å². The second kappa shape index (κ2) is 8.47. The number of hydrogen-bond donors (Lipinski definition) is 1. The number of urea groups is 1. The number of piperazine rings is 1. The fourth-order valence-corrected chi connectivity index (χ4v) is 2.94. The molecule has 1 aromatic carbocycles. The number of halogens is 1. The lowest BCUT2D eigenvalue weighted by Crippen LogP contribution is -2.52. The van der Waals surface area contributed by atoms with Crippen molar-refractivity contribution in [2.24, 2.45) is 5.92 Å². The summed E-state index contributed by atoms with van der Waals surface area (Å²) in [6, 6.07) is 3.95. The molecule has 134 valence electrons. The molecule has 0 radical (unpaired) electrons. The van der Waals surface area contributed by atoms with Gasteiger partial charge in [0.15, 0.2) is 0 Å². The van der Waals surface area contributed by atoms with E-state index in [1.54, 1.807) is 7.11 Å². The molecule has 24 heavy (non-hydrogen) atoms. The number of carbonyl (C=O) groups excluding carboxylic acids is 1. The van der Waals surface area contributed by atoms with Crippen LogP contribution in [0.3, 0.4) is 0 Å². The summed E-state index contributed by atoms with van der Waals surface area (Å²) in [4.78, 5) is 16.3. The van der Waals surface area contributed by atoms with E-state index in [-0.39, 0.29) is 6.03 Å². The van der Waals surface area contributed by atoms with E-state index >= 15 is 0 Å². The maximum absolute atomic E-state index is 12.2. The van der Waals surface area contributed by atoms with Crippen LogP contribution in [0.5, 0.6) is 5.75 Å². The molecule has 2 rings (SSSR count). The average Bonchev–Trinajstić information content (AvgIpc) is 2.56. The van der Waals surface area contributed by atoms with Crippen molar-refractivity contribution in [2.75, 3.05) is 44.7 Å². The van der Waals surface area contributed by atoms with Crippen molar-refractivity contribution < 1.29 is 9.53 Å². The van der Waals surface area contributed by atoms with Gasteiger partial charge < -0.3 is 19.9 Å². The highest BCUT2D eigenvalue weighted by molar-refractivity contribution is 6.31. The maximum atomic E-state index is 12.2. The summed E-state index contributed by atoms with van der Waals surface area (Å²) in [6.45, 7) is 10.0. The van der Waals surface area contributed by atoms with Crippen LogP contribution < -0.4 is 15.0 Å². The van der Waals surface area contributed by atoms with Gasteiger partial charge >= 0.3 is 6.03 Å². The Kier molecular flexibility index (Phi) is 6.60. The van der Waals surface area contributed by atoms with Gasteiger partial charge in [-0.3, -0.25) is 0 Å². The predicted molar refractivity (Wildman–Crippen MR) is 99.4 cm³/mol. The van der Waals surface area contributed by atoms with Gasteiger partial charge in [0.2, 0.25) is 0 Å². The van der Waals surface area contributed by atoms with Crippen molar-refractivity contribution in [3.05, 3.63) is 22.7 Å². The number of anilines is 1. The van der Waals surface area contributed by atoms with Crippen molar-refractivity contribution in [3.8, 4) is 5.75 Å². The quantitative estimate of drug-likeness (QED) is 0.880.